The van der Waals surface area contributed by atoms with E-state index in [1.807, 2.05) is 12.1 Å². The third-order valence-corrected chi connectivity index (χ3v) is 4.87. The predicted octanol–water partition coefficient (Wildman–Crippen LogP) is 3.95. The number of oxazole rings is 1. The van der Waals surface area contributed by atoms with Crippen LogP contribution in [-0.2, 0) is 21.2 Å². The first kappa shape index (κ1) is 21.7. The Bertz CT molecular complexity index is 1140. The zero-order valence-corrected chi connectivity index (χ0v) is 17.9. The number of halogens is 1. The molecule has 30 heavy (non-hydrogen) atoms. The number of hydrogen-bond donors (Lipinski definition) is 2. The zero-order valence-electron chi connectivity index (χ0n) is 16.3. The fourth-order valence-corrected chi connectivity index (χ4v) is 3.37. The summed E-state index contributed by atoms with van der Waals surface area (Å²) in [7, 11) is -2.07. The van der Waals surface area contributed by atoms with E-state index in [1.54, 1.807) is 30.5 Å². The topological polar surface area (TPSA) is 111 Å². The molecule has 0 aliphatic heterocycles. The van der Waals surface area contributed by atoms with E-state index in [9.17, 15) is 13.2 Å². The molecule has 0 saturated heterocycles. The number of nitrogens with zero attached hydrogens (tertiary/aromatic N) is 1. The monoisotopic (exact) mass is 449 g/mol. The molecule has 1 aromatic heterocycles. The Balaban J connectivity index is 1.61. The van der Waals surface area contributed by atoms with E-state index in [0.717, 1.165) is 11.8 Å². The summed E-state index contributed by atoms with van der Waals surface area (Å²) in [5.41, 5.74) is 1.51. The molecule has 8 nitrogen and oxygen atoms in total. The Labute approximate surface area is 179 Å². The average molecular weight is 450 g/mol. The summed E-state index contributed by atoms with van der Waals surface area (Å²) < 4.78 is 36.2. The number of anilines is 2. The SMILES string of the molecule is COc1ccc(NC(=O)CCc2ncc(-c3ccc(Cl)cc3)o2)cc1NS(C)(=O)=O. The highest BCUT2D eigenvalue weighted by Crippen LogP contribution is 2.29. The van der Waals surface area contributed by atoms with E-state index in [0.29, 0.717) is 34.5 Å². The van der Waals surface area contributed by atoms with Crippen molar-refractivity contribution in [2.45, 2.75) is 12.8 Å². The number of rotatable bonds is 8. The van der Waals surface area contributed by atoms with Crippen molar-refractivity contribution < 1.29 is 22.4 Å². The van der Waals surface area contributed by atoms with Gasteiger partial charge < -0.3 is 14.5 Å². The molecule has 1 heterocycles. The van der Waals surface area contributed by atoms with Crippen LogP contribution in [0.15, 0.2) is 53.1 Å². The lowest BCUT2D eigenvalue weighted by Crippen LogP contribution is -2.14. The number of aromatic nitrogens is 1. The molecule has 0 aliphatic carbocycles. The van der Waals surface area contributed by atoms with Crippen LogP contribution in [0.25, 0.3) is 11.3 Å². The zero-order chi connectivity index (χ0) is 21.7. The molecule has 0 saturated carbocycles. The number of carbonyl (C=O) groups is 1. The molecule has 10 heteroatoms. The maximum absolute atomic E-state index is 12.3. The summed E-state index contributed by atoms with van der Waals surface area (Å²) in [6.07, 6.45) is 3.08. The van der Waals surface area contributed by atoms with Crippen LogP contribution >= 0.6 is 11.6 Å². The van der Waals surface area contributed by atoms with Crippen LogP contribution in [0.3, 0.4) is 0 Å². The van der Waals surface area contributed by atoms with Gasteiger partial charge in [0.05, 0.1) is 25.2 Å². The highest BCUT2D eigenvalue weighted by atomic mass is 35.5. The molecular weight excluding hydrogens is 430 g/mol. The number of amides is 1. The lowest BCUT2D eigenvalue weighted by molar-refractivity contribution is -0.116. The number of hydrogen-bond acceptors (Lipinski definition) is 6. The number of carbonyl (C=O) groups excluding carboxylic acids is 1. The van der Waals surface area contributed by atoms with E-state index in [-0.39, 0.29) is 18.0 Å². The minimum Gasteiger partial charge on any atom is -0.495 e. The van der Waals surface area contributed by atoms with Crippen LogP contribution in [0.2, 0.25) is 5.02 Å². The smallest absolute Gasteiger partial charge is 0.229 e. The van der Waals surface area contributed by atoms with Crippen molar-refractivity contribution >= 4 is 38.9 Å². The van der Waals surface area contributed by atoms with Crippen molar-refractivity contribution in [2.24, 2.45) is 0 Å². The van der Waals surface area contributed by atoms with Crippen LogP contribution < -0.4 is 14.8 Å². The van der Waals surface area contributed by atoms with Gasteiger partial charge in [0, 0.05) is 29.1 Å². The third-order valence-electron chi connectivity index (χ3n) is 4.03. The van der Waals surface area contributed by atoms with Gasteiger partial charge in [0.15, 0.2) is 11.7 Å². The number of methoxy groups -OCH3 is 1. The standard InChI is InChI=1S/C20H20ClN3O5S/c1-28-17-8-7-15(11-16(17)24-30(2,26)27)23-19(25)9-10-20-22-12-18(29-20)13-3-5-14(21)6-4-13/h3-8,11-12,24H,9-10H2,1-2H3,(H,23,25). The summed E-state index contributed by atoms with van der Waals surface area (Å²) in [6.45, 7) is 0. The fraction of sp³-hybridized carbons (Fsp3) is 0.200. The van der Waals surface area contributed by atoms with Crippen LogP contribution in [0, 0.1) is 0 Å². The summed E-state index contributed by atoms with van der Waals surface area (Å²) >= 11 is 5.88. The molecule has 2 N–H and O–H groups in total. The number of aryl methyl sites for hydroxylation is 1. The Morgan fingerprint density at radius 3 is 2.60 bits per heavy atom. The third kappa shape index (κ3) is 5.98. The van der Waals surface area contributed by atoms with Gasteiger partial charge in [-0.3, -0.25) is 9.52 Å². The summed E-state index contributed by atoms with van der Waals surface area (Å²) in [5, 5.41) is 3.35. The van der Waals surface area contributed by atoms with Crippen molar-refractivity contribution in [1.29, 1.82) is 0 Å². The van der Waals surface area contributed by atoms with E-state index < -0.39 is 10.0 Å². The Kier molecular flexibility index (Phi) is 6.63. The van der Waals surface area contributed by atoms with E-state index in [4.69, 9.17) is 20.8 Å². The molecule has 0 atom stereocenters. The van der Waals surface area contributed by atoms with Crippen LogP contribution in [0.4, 0.5) is 11.4 Å². The van der Waals surface area contributed by atoms with Crippen molar-refractivity contribution in [3.8, 4) is 17.1 Å². The molecule has 0 unspecified atom stereocenters. The van der Waals surface area contributed by atoms with E-state index in [1.165, 1.54) is 13.2 Å². The lowest BCUT2D eigenvalue weighted by atomic mass is 10.2. The fourth-order valence-electron chi connectivity index (χ4n) is 2.68. The summed E-state index contributed by atoms with van der Waals surface area (Å²) in [4.78, 5) is 16.5. The quantitative estimate of drug-likeness (QED) is 0.538. The number of ether oxygens (including phenoxy) is 1. The second-order valence-electron chi connectivity index (χ2n) is 6.46. The van der Waals surface area contributed by atoms with Crippen molar-refractivity contribution in [3.63, 3.8) is 0 Å². The summed E-state index contributed by atoms with van der Waals surface area (Å²) in [6, 6.07) is 11.8. The van der Waals surface area contributed by atoms with Gasteiger partial charge in [-0.15, -0.1) is 0 Å². The normalized spacial score (nSPS) is 11.2. The van der Waals surface area contributed by atoms with Gasteiger partial charge in [0.2, 0.25) is 15.9 Å². The Morgan fingerprint density at radius 1 is 1.20 bits per heavy atom. The average Bonchev–Trinajstić information content (AvgIpc) is 3.15. The molecule has 158 valence electrons. The van der Waals surface area contributed by atoms with Crippen LogP contribution in [0.1, 0.15) is 12.3 Å². The first-order valence-electron chi connectivity index (χ1n) is 8.90. The molecule has 0 fully saturated rings. The largest absolute Gasteiger partial charge is 0.495 e. The van der Waals surface area contributed by atoms with Crippen LogP contribution in [0.5, 0.6) is 5.75 Å². The minimum absolute atomic E-state index is 0.140. The van der Waals surface area contributed by atoms with Gasteiger partial charge >= 0.3 is 0 Å². The maximum Gasteiger partial charge on any atom is 0.229 e. The summed E-state index contributed by atoms with van der Waals surface area (Å²) in [5.74, 6) is 1.10. The highest BCUT2D eigenvalue weighted by molar-refractivity contribution is 7.92. The molecule has 0 aliphatic rings. The Morgan fingerprint density at radius 2 is 1.93 bits per heavy atom. The first-order chi connectivity index (χ1) is 14.2. The molecule has 1 amide bonds. The highest BCUT2D eigenvalue weighted by Gasteiger charge is 2.12. The number of nitrogens with one attached hydrogen (secondary N) is 2. The second kappa shape index (κ2) is 9.19. The van der Waals surface area contributed by atoms with Crippen molar-refractivity contribution in [1.82, 2.24) is 4.98 Å². The molecule has 3 rings (SSSR count). The lowest BCUT2D eigenvalue weighted by Gasteiger charge is -2.12. The van der Waals surface area contributed by atoms with Gasteiger partial charge in [0.1, 0.15) is 5.75 Å². The van der Waals surface area contributed by atoms with Gasteiger partial charge in [-0.05, 0) is 42.5 Å². The van der Waals surface area contributed by atoms with Gasteiger partial charge in [-0.2, -0.15) is 0 Å². The Hall–Kier alpha value is -3.04. The molecular formula is C20H20ClN3O5S. The van der Waals surface area contributed by atoms with Crippen LogP contribution in [-0.4, -0.2) is 32.7 Å². The van der Waals surface area contributed by atoms with Crippen molar-refractivity contribution in [3.05, 3.63) is 59.6 Å². The van der Waals surface area contributed by atoms with Gasteiger partial charge in [-0.25, -0.2) is 13.4 Å². The molecule has 2 aromatic carbocycles. The van der Waals surface area contributed by atoms with Crippen molar-refractivity contribution in [2.75, 3.05) is 23.4 Å². The van der Waals surface area contributed by atoms with Gasteiger partial charge in [-0.1, -0.05) is 11.6 Å². The number of sulfonamides is 1. The minimum atomic E-state index is -3.49. The molecule has 0 bridgehead atoms. The molecule has 0 radical (unpaired) electrons. The second-order valence-corrected chi connectivity index (χ2v) is 8.65. The molecule has 3 aromatic rings. The van der Waals surface area contributed by atoms with E-state index >= 15 is 0 Å². The van der Waals surface area contributed by atoms with Gasteiger partial charge in [0.25, 0.3) is 0 Å². The maximum atomic E-state index is 12.3. The van der Waals surface area contributed by atoms with E-state index in [2.05, 4.69) is 15.0 Å². The predicted molar refractivity (Wildman–Crippen MR) is 115 cm³/mol. The number of benzene rings is 2. The molecule has 0 spiro atoms. The first-order valence-corrected chi connectivity index (χ1v) is 11.2.